The van der Waals surface area contributed by atoms with Crippen molar-refractivity contribution >= 4 is 11.8 Å². The summed E-state index contributed by atoms with van der Waals surface area (Å²) < 4.78 is 25.7. The number of benzene rings is 2. The van der Waals surface area contributed by atoms with E-state index < -0.39 is 0 Å². The zero-order chi connectivity index (χ0) is 19.9. The van der Waals surface area contributed by atoms with E-state index in [-0.39, 0.29) is 12.4 Å². The lowest BCUT2D eigenvalue weighted by Gasteiger charge is -2.09. The Balaban J connectivity index is 1.42. The molecule has 0 saturated heterocycles. The van der Waals surface area contributed by atoms with Crippen molar-refractivity contribution in [3.8, 4) is 11.5 Å². The predicted octanol–water partition coefficient (Wildman–Crippen LogP) is 3.89. The molecule has 0 radical (unpaired) electrons. The topological polar surface area (TPSA) is 75.2 Å². The van der Waals surface area contributed by atoms with Crippen LogP contribution in [0.15, 0.2) is 47.6 Å². The van der Waals surface area contributed by atoms with Crippen molar-refractivity contribution in [3.63, 3.8) is 0 Å². The highest BCUT2D eigenvalue weighted by Gasteiger charge is 2.11. The minimum absolute atomic E-state index is 0.158. The maximum Gasteiger partial charge on any atom is 0.209 e. The van der Waals surface area contributed by atoms with Gasteiger partial charge in [-0.05, 0) is 61.7 Å². The minimum atomic E-state index is -0.311. The van der Waals surface area contributed by atoms with Crippen LogP contribution in [0.5, 0.6) is 11.5 Å². The van der Waals surface area contributed by atoms with Gasteiger partial charge in [-0.3, -0.25) is 0 Å². The zero-order valence-electron chi connectivity index (χ0n) is 15.9. The fourth-order valence-electron chi connectivity index (χ4n) is 2.45. The molecule has 0 aliphatic rings. The van der Waals surface area contributed by atoms with Crippen LogP contribution >= 0.6 is 11.8 Å². The first-order valence-corrected chi connectivity index (χ1v) is 9.92. The molecule has 148 valence electrons. The fourth-order valence-corrected chi connectivity index (χ4v) is 3.24. The van der Waals surface area contributed by atoms with E-state index in [0.717, 1.165) is 23.5 Å². The first-order chi connectivity index (χ1) is 13.5. The van der Waals surface area contributed by atoms with Crippen LogP contribution in [0.2, 0.25) is 0 Å². The summed E-state index contributed by atoms with van der Waals surface area (Å²) >= 11 is 1.51. The van der Waals surface area contributed by atoms with Crippen LogP contribution in [-0.2, 0) is 6.61 Å². The highest BCUT2D eigenvalue weighted by atomic mass is 32.2. The molecule has 0 saturated carbocycles. The molecule has 28 heavy (non-hydrogen) atoms. The molecule has 3 aromatic rings. The van der Waals surface area contributed by atoms with Crippen molar-refractivity contribution in [2.45, 2.75) is 32.0 Å². The standard InChI is InChI=1S/C20H23FN4O2S/c1-14-4-5-15(2)18(12-14)26-10-3-11-28-20-24-23-19(25(20)22)13-27-17-8-6-16(21)7-9-17/h4-9,12H,3,10-11,13,22H2,1-2H3. The molecular formula is C20H23FN4O2S. The molecule has 3 rings (SSSR count). The third-order valence-electron chi connectivity index (χ3n) is 4.04. The smallest absolute Gasteiger partial charge is 0.209 e. The Morgan fingerprint density at radius 2 is 1.86 bits per heavy atom. The molecule has 2 aromatic carbocycles. The second-order valence-corrected chi connectivity index (χ2v) is 7.39. The van der Waals surface area contributed by atoms with E-state index in [0.29, 0.717) is 23.3 Å². The molecule has 2 N–H and O–H groups in total. The van der Waals surface area contributed by atoms with E-state index >= 15 is 0 Å². The second kappa shape index (κ2) is 9.45. The number of hydrogen-bond acceptors (Lipinski definition) is 6. The van der Waals surface area contributed by atoms with Crippen molar-refractivity contribution in [2.24, 2.45) is 0 Å². The molecular weight excluding hydrogens is 379 g/mol. The summed E-state index contributed by atoms with van der Waals surface area (Å²) in [4.78, 5) is 0. The molecule has 0 atom stereocenters. The van der Waals surface area contributed by atoms with Gasteiger partial charge in [-0.25, -0.2) is 9.07 Å². The SMILES string of the molecule is Cc1ccc(C)c(OCCCSc2nnc(COc3ccc(F)cc3)n2N)c1. The average Bonchev–Trinajstić information content (AvgIpc) is 3.03. The molecule has 8 heteroatoms. The molecule has 1 heterocycles. The van der Waals surface area contributed by atoms with Crippen LogP contribution in [0, 0.1) is 19.7 Å². The number of halogens is 1. The molecule has 0 unspecified atom stereocenters. The summed E-state index contributed by atoms with van der Waals surface area (Å²) in [6, 6.07) is 12.0. The summed E-state index contributed by atoms with van der Waals surface area (Å²) in [6.07, 6.45) is 0.853. The number of nitrogen functional groups attached to an aromatic ring is 1. The van der Waals surface area contributed by atoms with Gasteiger partial charge in [0.15, 0.2) is 5.82 Å². The fraction of sp³-hybridized carbons (Fsp3) is 0.300. The highest BCUT2D eigenvalue weighted by Crippen LogP contribution is 2.21. The van der Waals surface area contributed by atoms with Crippen molar-refractivity contribution in [2.75, 3.05) is 18.2 Å². The van der Waals surface area contributed by atoms with Crippen molar-refractivity contribution < 1.29 is 13.9 Å². The number of ether oxygens (including phenoxy) is 2. The van der Waals surface area contributed by atoms with Crippen LogP contribution in [0.1, 0.15) is 23.4 Å². The first-order valence-electron chi connectivity index (χ1n) is 8.93. The summed E-state index contributed by atoms with van der Waals surface area (Å²) in [5.41, 5.74) is 2.31. The maximum absolute atomic E-state index is 12.9. The summed E-state index contributed by atoms with van der Waals surface area (Å²) in [5.74, 6) is 8.49. The molecule has 0 spiro atoms. The summed E-state index contributed by atoms with van der Waals surface area (Å²) in [6.45, 7) is 4.87. The van der Waals surface area contributed by atoms with Gasteiger partial charge in [-0.1, -0.05) is 23.9 Å². The van der Waals surface area contributed by atoms with Crippen LogP contribution in [-0.4, -0.2) is 27.2 Å². The van der Waals surface area contributed by atoms with Gasteiger partial charge in [0, 0.05) is 5.75 Å². The molecule has 0 fully saturated rings. The first kappa shape index (κ1) is 20.0. The molecule has 0 aliphatic carbocycles. The van der Waals surface area contributed by atoms with E-state index in [1.165, 1.54) is 34.1 Å². The van der Waals surface area contributed by atoms with Crippen LogP contribution in [0.4, 0.5) is 4.39 Å². The van der Waals surface area contributed by atoms with Crippen molar-refractivity contribution in [1.29, 1.82) is 0 Å². The van der Waals surface area contributed by atoms with Crippen LogP contribution < -0.4 is 15.3 Å². The van der Waals surface area contributed by atoms with Gasteiger partial charge in [-0.15, -0.1) is 10.2 Å². The Labute approximate surface area is 167 Å². The lowest BCUT2D eigenvalue weighted by atomic mass is 10.1. The van der Waals surface area contributed by atoms with Gasteiger partial charge in [0.1, 0.15) is 23.9 Å². The van der Waals surface area contributed by atoms with E-state index in [4.69, 9.17) is 15.3 Å². The third-order valence-corrected chi connectivity index (χ3v) is 5.07. The van der Waals surface area contributed by atoms with Crippen molar-refractivity contribution in [1.82, 2.24) is 14.9 Å². The Hall–Kier alpha value is -2.74. The predicted molar refractivity (Wildman–Crippen MR) is 108 cm³/mol. The largest absolute Gasteiger partial charge is 0.493 e. The van der Waals surface area contributed by atoms with Gasteiger partial charge in [0.2, 0.25) is 5.16 Å². The Morgan fingerprint density at radius 3 is 2.64 bits per heavy atom. The molecule has 1 aromatic heterocycles. The number of hydrogen-bond donors (Lipinski definition) is 1. The van der Waals surface area contributed by atoms with E-state index in [9.17, 15) is 4.39 Å². The number of aryl methyl sites for hydroxylation is 2. The lowest BCUT2D eigenvalue weighted by Crippen LogP contribution is -2.16. The quantitative estimate of drug-likeness (QED) is 0.332. The van der Waals surface area contributed by atoms with E-state index in [1.807, 2.05) is 19.9 Å². The highest BCUT2D eigenvalue weighted by molar-refractivity contribution is 7.99. The normalized spacial score (nSPS) is 10.8. The van der Waals surface area contributed by atoms with Gasteiger partial charge < -0.3 is 15.3 Å². The summed E-state index contributed by atoms with van der Waals surface area (Å²) in [5, 5.41) is 8.76. The van der Waals surface area contributed by atoms with Crippen LogP contribution in [0.3, 0.4) is 0 Å². The minimum Gasteiger partial charge on any atom is -0.493 e. The Kier molecular flexibility index (Phi) is 6.76. The Morgan fingerprint density at radius 1 is 1.07 bits per heavy atom. The number of nitrogens with two attached hydrogens (primary N) is 1. The average molecular weight is 402 g/mol. The number of thioether (sulfide) groups is 1. The lowest BCUT2D eigenvalue weighted by molar-refractivity contribution is 0.291. The number of nitrogens with zero attached hydrogens (tertiary/aromatic N) is 3. The number of rotatable bonds is 9. The summed E-state index contributed by atoms with van der Waals surface area (Å²) in [7, 11) is 0. The maximum atomic E-state index is 12.9. The van der Waals surface area contributed by atoms with Crippen molar-refractivity contribution in [3.05, 3.63) is 65.2 Å². The monoisotopic (exact) mass is 402 g/mol. The van der Waals surface area contributed by atoms with E-state index in [1.54, 1.807) is 12.1 Å². The number of aromatic nitrogens is 3. The van der Waals surface area contributed by atoms with Gasteiger partial charge in [0.25, 0.3) is 0 Å². The molecule has 6 nitrogen and oxygen atoms in total. The van der Waals surface area contributed by atoms with Gasteiger partial charge in [-0.2, -0.15) is 0 Å². The third kappa shape index (κ3) is 5.39. The molecule has 0 bridgehead atoms. The van der Waals surface area contributed by atoms with Gasteiger partial charge in [0.05, 0.1) is 6.61 Å². The van der Waals surface area contributed by atoms with Crippen LogP contribution in [0.25, 0.3) is 0 Å². The second-order valence-electron chi connectivity index (χ2n) is 6.33. The molecule has 0 aliphatic heterocycles. The Bertz CT molecular complexity index is 915. The zero-order valence-corrected chi connectivity index (χ0v) is 16.7. The van der Waals surface area contributed by atoms with Gasteiger partial charge >= 0.3 is 0 Å². The molecule has 0 amide bonds. The van der Waals surface area contributed by atoms with E-state index in [2.05, 4.69) is 22.3 Å².